The Balaban J connectivity index is 2.06. The maximum Gasteiger partial charge on any atom is 0.165 e. The topological polar surface area (TPSA) is 53.6 Å². The van der Waals surface area contributed by atoms with Crippen molar-refractivity contribution in [1.29, 1.82) is 0 Å². The van der Waals surface area contributed by atoms with Gasteiger partial charge in [0.05, 0.1) is 16.1 Å². The smallest absolute Gasteiger partial charge is 0.165 e. The van der Waals surface area contributed by atoms with E-state index in [2.05, 4.69) is 20.3 Å². The molecular weight excluding hydrogens is 255 g/mol. The number of nitrogens with one attached hydrogen (secondary N) is 2. The number of halogens is 2. The van der Waals surface area contributed by atoms with E-state index in [0.717, 1.165) is 5.39 Å². The van der Waals surface area contributed by atoms with E-state index in [1.54, 1.807) is 18.3 Å². The lowest BCUT2D eigenvalue weighted by molar-refractivity contribution is 0.632. The maximum atomic E-state index is 13.8. The van der Waals surface area contributed by atoms with Crippen LogP contribution in [0.4, 0.5) is 15.9 Å². The zero-order chi connectivity index (χ0) is 12.5. The predicted octanol–water partition coefficient (Wildman–Crippen LogP) is 3.49. The molecule has 0 saturated heterocycles. The molecule has 3 aromatic rings. The standard InChI is InChI=1S/C12H8ClFN4/c13-8-2-1-3-9(10(8)14)18-12-7-4-5-15-11(7)16-6-17-12/h1-6H,(H2,15,16,17,18). The fourth-order valence-corrected chi connectivity index (χ4v) is 1.87. The molecule has 2 aromatic heterocycles. The van der Waals surface area contributed by atoms with Gasteiger partial charge < -0.3 is 10.3 Å². The molecule has 18 heavy (non-hydrogen) atoms. The molecule has 0 aliphatic carbocycles. The van der Waals surface area contributed by atoms with Gasteiger partial charge in [0.2, 0.25) is 0 Å². The first-order valence-corrected chi connectivity index (χ1v) is 5.62. The molecule has 6 heteroatoms. The number of benzene rings is 1. The monoisotopic (exact) mass is 262 g/mol. The summed E-state index contributed by atoms with van der Waals surface area (Å²) < 4.78 is 13.8. The zero-order valence-electron chi connectivity index (χ0n) is 9.11. The summed E-state index contributed by atoms with van der Waals surface area (Å²) in [6.07, 6.45) is 3.16. The summed E-state index contributed by atoms with van der Waals surface area (Å²) in [6, 6.07) is 6.58. The molecule has 0 saturated carbocycles. The molecule has 4 nitrogen and oxygen atoms in total. The van der Waals surface area contributed by atoms with Crippen LogP contribution in [0.3, 0.4) is 0 Å². The minimum atomic E-state index is -0.499. The minimum Gasteiger partial charge on any atom is -0.346 e. The zero-order valence-corrected chi connectivity index (χ0v) is 9.87. The minimum absolute atomic E-state index is 0.0689. The van der Waals surface area contributed by atoms with Gasteiger partial charge in [-0.05, 0) is 18.2 Å². The summed E-state index contributed by atoms with van der Waals surface area (Å²) in [4.78, 5) is 11.1. The number of hydrogen-bond donors (Lipinski definition) is 2. The van der Waals surface area contributed by atoms with Crippen LogP contribution in [0.1, 0.15) is 0 Å². The van der Waals surface area contributed by atoms with Gasteiger partial charge in [-0.2, -0.15) is 0 Å². The lowest BCUT2D eigenvalue weighted by atomic mass is 10.3. The normalized spacial score (nSPS) is 10.8. The van der Waals surface area contributed by atoms with E-state index >= 15 is 0 Å². The van der Waals surface area contributed by atoms with Gasteiger partial charge in [-0.1, -0.05) is 17.7 Å². The van der Waals surface area contributed by atoms with Gasteiger partial charge in [0.15, 0.2) is 5.82 Å². The number of anilines is 2. The second-order valence-corrected chi connectivity index (χ2v) is 4.10. The van der Waals surface area contributed by atoms with Crippen LogP contribution >= 0.6 is 11.6 Å². The first-order chi connectivity index (χ1) is 8.75. The van der Waals surface area contributed by atoms with Crippen molar-refractivity contribution in [2.75, 3.05) is 5.32 Å². The third-order valence-corrected chi connectivity index (χ3v) is 2.85. The average Bonchev–Trinajstić information content (AvgIpc) is 2.84. The Morgan fingerprint density at radius 1 is 1.22 bits per heavy atom. The van der Waals surface area contributed by atoms with Crippen LogP contribution in [0.25, 0.3) is 11.0 Å². The van der Waals surface area contributed by atoms with Crippen LogP contribution in [0.5, 0.6) is 0 Å². The Kier molecular flexibility index (Phi) is 2.60. The Morgan fingerprint density at radius 3 is 3.00 bits per heavy atom. The number of fused-ring (bicyclic) bond motifs is 1. The molecule has 2 N–H and O–H groups in total. The molecule has 0 spiro atoms. The number of rotatable bonds is 2. The fraction of sp³-hybridized carbons (Fsp3) is 0. The Bertz CT molecular complexity index is 710. The quantitative estimate of drug-likeness (QED) is 0.743. The second-order valence-electron chi connectivity index (χ2n) is 3.69. The number of hydrogen-bond acceptors (Lipinski definition) is 3. The van der Waals surface area contributed by atoms with Crippen molar-refractivity contribution < 1.29 is 4.39 Å². The predicted molar refractivity (Wildman–Crippen MR) is 68.6 cm³/mol. The largest absolute Gasteiger partial charge is 0.346 e. The molecule has 3 rings (SSSR count). The summed E-state index contributed by atoms with van der Waals surface area (Å²) in [7, 11) is 0. The maximum absolute atomic E-state index is 13.8. The van der Waals surface area contributed by atoms with Crippen LogP contribution < -0.4 is 5.32 Å². The fourth-order valence-electron chi connectivity index (χ4n) is 1.70. The molecule has 0 radical (unpaired) electrons. The van der Waals surface area contributed by atoms with Gasteiger partial charge >= 0.3 is 0 Å². The molecule has 0 atom stereocenters. The molecule has 0 aliphatic heterocycles. The lowest BCUT2D eigenvalue weighted by Gasteiger charge is -2.08. The van der Waals surface area contributed by atoms with Crippen LogP contribution in [0, 0.1) is 5.82 Å². The van der Waals surface area contributed by atoms with Crippen LogP contribution in [0.15, 0.2) is 36.8 Å². The van der Waals surface area contributed by atoms with Crippen molar-refractivity contribution in [2.45, 2.75) is 0 Å². The SMILES string of the molecule is Fc1c(Cl)cccc1Nc1ncnc2[nH]ccc12. The second kappa shape index (κ2) is 4.27. The van der Waals surface area contributed by atoms with Crippen molar-refractivity contribution in [1.82, 2.24) is 15.0 Å². The molecule has 0 aliphatic rings. The average molecular weight is 263 g/mol. The van der Waals surface area contributed by atoms with Crippen LogP contribution in [-0.2, 0) is 0 Å². The molecule has 2 heterocycles. The van der Waals surface area contributed by atoms with Crippen LogP contribution in [-0.4, -0.2) is 15.0 Å². The third kappa shape index (κ3) is 1.78. The summed E-state index contributed by atoms with van der Waals surface area (Å²) in [6.45, 7) is 0. The summed E-state index contributed by atoms with van der Waals surface area (Å²) in [5, 5.41) is 3.77. The Hall–Kier alpha value is -2.14. The van der Waals surface area contributed by atoms with Crippen molar-refractivity contribution in [2.24, 2.45) is 0 Å². The van der Waals surface area contributed by atoms with Gasteiger partial charge in [-0.3, -0.25) is 0 Å². The van der Waals surface area contributed by atoms with Crippen LogP contribution in [0.2, 0.25) is 5.02 Å². The highest BCUT2D eigenvalue weighted by Crippen LogP contribution is 2.27. The molecule has 0 fully saturated rings. The van der Waals surface area contributed by atoms with E-state index < -0.39 is 5.82 Å². The van der Waals surface area contributed by atoms with E-state index in [4.69, 9.17) is 11.6 Å². The van der Waals surface area contributed by atoms with Crippen molar-refractivity contribution >= 4 is 34.1 Å². The Morgan fingerprint density at radius 2 is 2.11 bits per heavy atom. The highest BCUT2D eigenvalue weighted by Gasteiger charge is 2.09. The highest BCUT2D eigenvalue weighted by molar-refractivity contribution is 6.31. The summed E-state index contributed by atoms with van der Waals surface area (Å²) >= 11 is 5.72. The first kappa shape index (κ1) is 11.0. The molecule has 90 valence electrons. The summed E-state index contributed by atoms with van der Waals surface area (Å²) in [5.74, 6) is 0.0314. The number of nitrogens with zero attached hydrogens (tertiary/aromatic N) is 2. The Labute approximate surface area is 107 Å². The first-order valence-electron chi connectivity index (χ1n) is 5.25. The van der Waals surface area contributed by atoms with Gasteiger partial charge in [-0.25, -0.2) is 14.4 Å². The van der Waals surface area contributed by atoms with Crippen molar-refractivity contribution in [3.8, 4) is 0 Å². The number of aromatic nitrogens is 3. The van der Waals surface area contributed by atoms with Gasteiger partial charge in [-0.15, -0.1) is 0 Å². The third-order valence-electron chi connectivity index (χ3n) is 2.56. The van der Waals surface area contributed by atoms with Gasteiger partial charge in [0, 0.05) is 6.20 Å². The van der Waals surface area contributed by atoms with E-state index in [-0.39, 0.29) is 10.7 Å². The van der Waals surface area contributed by atoms with Gasteiger partial charge in [0.25, 0.3) is 0 Å². The van der Waals surface area contributed by atoms with E-state index in [0.29, 0.717) is 11.5 Å². The van der Waals surface area contributed by atoms with Gasteiger partial charge in [0.1, 0.15) is 17.8 Å². The lowest BCUT2D eigenvalue weighted by Crippen LogP contribution is -1.97. The molecule has 0 bridgehead atoms. The highest BCUT2D eigenvalue weighted by atomic mass is 35.5. The number of H-pyrrole nitrogens is 1. The molecule has 0 amide bonds. The molecular formula is C12H8ClFN4. The van der Waals surface area contributed by atoms with Crippen molar-refractivity contribution in [3.63, 3.8) is 0 Å². The molecule has 0 unspecified atom stereocenters. The van der Waals surface area contributed by atoms with Crippen molar-refractivity contribution in [3.05, 3.63) is 47.6 Å². The molecule has 1 aromatic carbocycles. The van der Waals surface area contributed by atoms with E-state index in [1.807, 2.05) is 6.07 Å². The van der Waals surface area contributed by atoms with E-state index in [9.17, 15) is 4.39 Å². The number of aromatic amines is 1. The van der Waals surface area contributed by atoms with E-state index in [1.165, 1.54) is 12.4 Å². The summed E-state index contributed by atoms with van der Waals surface area (Å²) in [5.41, 5.74) is 0.971.